The van der Waals surface area contributed by atoms with E-state index in [1.54, 1.807) is 12.1 Å². The molecule has 1 N–H and O–H groups in total. The topological polar surface area (TPSA) is 46.5 Å². The SMILES string of the molecule is Cc1ccc(Oc2ccc(Br)cc2Cl)cc1C1=C(O)[C@H]2[C@H]3CC[C@H](C3)[C@H]2C1=O. The average Bonchev–Trinajstić information content (AvgIpc) is 3.33. The summed E-state index contributed by atoms with van der Waals surface area (Å²) in [4.78, 5) is 13.2. The Morgan fingerprint density at radius 2 is 1.86 bits per heavy atom. The smallest absolute Gasteiger partial charge is 0.170 e. The highest BCUT2D eigenvalue weighted by Crippen LogP contribution is 2.60. The third kappa shape index (κ3) is 2.73. The molecular weight excluding hydrogens is 440 g/mol. The average molecular weight is 460 g/mol. The molecule has 3 aliphatic rings. The second-order valence-corrected chi connectivity index (χ2v) is 9.49. The van der Waals surface area contributed by atoms with Gasteiger partial charge in [-0.2, -0.15) is 0 Å². The predicted octanol–water partition coefficient (Wildman–Crippen LogP) is 6.72. The Hall–Kier alpha value is -1.78. The molecule has 0 unspecified atom stereocenters. The second kappa shape index (κ2) is 6.64. The number of ether oxygens (including phenoxy) is 1. The highest BCUT2D eigenvalue weighted by atomic mass is 79.9. The van der Waals surface area contributed by atoms with Gasteiger partial charge in [-0.15, -0.1) is 0 Å². The van der Waals surface area contributed by atoms with E-state index in [1.165, 1.54) is 0 Å². The van der Waals surface area contributed by atoms with Crippen LogP contribution in [0.2, 0.25) is 5.02 Å². The summed E-state index contributed by atoms with van der Waals surface area (Å²) in [5.74, 6) is 2.43. The van der Waals surface area contributed by atoms with Crippen molar-refractivity contribution in [1.29, 1.82) is 0 Å². The molecule has 3 aliphatic carbocycles. The number of Topliss-reactive ketones (excluding diaryl/α,β-unsaturated/α-hetero) is 1. The van der Waals surface area contributed by atoms with E-state index < -0.39 is 0 Å². The van der Waals surface area contributed by atoms with Gasteiger partial charge in [0.1, 0.15) is 17.3 Å². The van der Waals surface area contributed by atoms with E-state index in [0.717, 1.165) is 34.9 Å². The Morgan fingerprint density at radius 3 is 2.57 bits per heavy atom. The monoisotopic (exact) mass is 458 g/mol. The van der Waals surface area contributed by atoms with Crippen LogP contribution in [-0.4, -0.2) is 10.9 Å². The van der Waals surface area contributed by atoms with Crippen molar-refractivity contribution in [3.63, 3.8) is 0 Å². The molecule has 2 bridgehead atoms. The summed E-state index contributed by atoms with van der Waals surface area (Å²) in [5, 5.41) is 11.5. The molecule has 5 rings (SSSR count). The molecular formula is C23H20BrClO3. The molecule has 0 radical (unpaired) electrons. The third-order valence-corrected chi connectivity index (χ3v) is 7.43. The first-order valence-corrected chi connectivity index (χ1v) is 10.8. The number of aryl methyl sites for hydroxylation is 1. The first-order valence-electron chi connectivity index (χ1n) is 9.65. The van der Waals surface area contributed by atoms with Gasteiger partial charge in [-0.25, -0.2) is 0 Å². The van der Waals surface area contributed by atoms with Gasteiger partial charge >= 0.3 is 0 Å². The largest absolute Gasteiger partial charge is 0.511 e. The maximum atomic E-state index is 13.2. The van der Waals surface area contributed by atoms with Crippen molar-refractivity contribution in [1.82, 2.24) is 0 Å². The Kier molecular flexibility index (Phi) is 4.33. The van der Waals surface area contributed by atoms with Gasteiger partial charge in [-0.05, 0) is 79.5 Å². The molecule has 2 fully saturated rings. The molecule has 0 heterocycles. The highest BCUT2D eigenvalue weighted by Gasteiger charge is 2.57. The van der Waals surface area contributed by atoms with Crippen LogP contribution in [0.5, 0.6) is 11.5 Å². The number of rotatable bonds is 3. The Labute approximate surface area is 177 Å². The fourth-order valence-corrected chi connectivity index (χ4v) is 6.12. The number of fused-ring (bicyclic) bond motifs is 5. The van der Waals surface area contributed by atoms with Crippen LogP contribution in [-0.2, 0) is 4.79 Å². The molecule has 5 heteroatoms. The van der Waals surface area contributed by atoms with E-state index in [0.29, 0.717) is 39.7 Å². The maximum absolute atomic E-state index is 13.2. The lowest BCUT2D eigenvalue weighted by atomic mass is 9.80. The van der Waals surface area contributed by atoms with Crippen LogP contribution in [0.25, 0.3) is 5.57 Å². The summed E-state index contributed by atoms with van der Waals surface area (Å²) in [6, 6.07) is 11.1. The molecule has 28 heavy (non-hydrogen) atoms. The first-order chi connectivity index (χ1) is 13.4. The minimum absolute atomic E-state index is 0.0196. The summed E-state index contributed by atoms with van der Waals surface area (Å²) in [6.07, 6.45) is 3.32. The van der Waals surface area contributed by atoms with Gasteiger partial charge in [-0.3, -0.25) is 4.79 Å². The van der Waals surface area contributed by atoms with Crippen molar-refractivity contribution in [3.8, 4) is 11.5 Å². The van der Waals surface area contributed by atoms with E-state index in [9.17, 15) is 9.90 Å². The van der Waals surface area contributed by atoms with Crippen LogP contribution in [0.4, 0.5) is 0 Å². The number of carbonyl (C=O) groups is 1. The summed E-state index contributed by atoms with van der Waals surface area (Å²) in [6.45, 7) is 1.96. The van der Waals surface area contributed by atoms with E-state index in [4.69, 9.17) is 16.3 Å². The zero-order valence-corrected chi connectivity index (χ0v) is 17.8. The van der Waals surface area contributed by atoms with Crippen molar-refractivity contribution in [2.45, 2.75) is 26.2 Å². The van der Waals surface area contributed by atoms with Gasteiger partial charge in [0.2, 0.25) is 0 Å². The van der Waals surface area contributed by atoms with E-state index in [2.05, 4.69) is 15.9 Å². The highest BCUT2D eigenvalue weighted by molar-refractivity contribution is 9.10. The number of hydrogen-bond acceptors (Lipinski definition) is 3. The number of hydrogen-bond donors (Lipinski definition) is 1. The van der Waals surface area contributed by atoms with Crippen molar-refractivity contribution in [3.05, 3.63) is 62.8 Å². The molecule has 2 aromatic rings. The van der Waals surface area contributed by atoms with E-state index >= 15 is 0 Å². The van der Waals surface area contributed by atoms with Crippen LogP contribution in [0.3, 0.4) is 0 Å². The predicted molar refractivity (Wildman–Crippen MR) is 113 cm³/mol. The second-order valence-electron chi connectivity index (χ2n) is 8.16. The molecule has 0 amide bonds. The molecule has 2 aromatic carbocycles. The Bertz CT molecular complexity index is 1030. The lowest BCUT2D eigenvalue weighted by molar-refractivity contribution is -0.118. The van der Waals surface area contributed by atoms with Crippen LogP contribution in [0.1, 0.15) is 30.4 Å². The van der Waals surface area contributed by atoms with Gasteiger partial charge in [0.05, 0.1) is 10.6 Å². The summed E-state index contributed by atoms with van der Waals surface area (Å²) >= 11 is 9.66. The third-order valence-electron chi connectivity index (χ3n) is 6.64. The van der Waals surface area contributed by atoms with Crippen LogP contribution in [0, 0.1) is 30.6 Å². The quantitative estimate of drug-likeness (QED) is 0.554. The van der Waals surface area contributed by atoms with Crippen molar-refractivity contribution < 1.29 is 14.6 Å². The standard InChI is InChI=1S/C23H20BrClO3/c1-11-2-6-15(28-18-7-5-14(24)9-17(18)25)10-16(11)21-22(26)19-12-3-4-13(8-12)20(19)23(21)27/h2,5-7,9-10,12-13,19-20,26H,3-4,8H2,1H3/t12-,13+,19-,20+/m0/s1. The lowest BCUT2D eigenvalue weighted by Crippen LogP contribution is -2.24. The summed E-state index contributed by atoms with van der Waals surface area (Å²) in [7, 11) is 0. The summed E-state index contributed by atoms with van der Waals surface area (Å²) < 4.78 is 6.85. The minimum Gasteiger partial charge on any atom is -0.511 e. The van der Waals surface area contributed by atoms with Gasteiger partial charge in [-0.1, -0.05) is 33.6 Å². The lowest BCUT2D eigenvalue weighted by Gasteiger charge is -2.23. The number of ketones is 1. The fourth-order valence-electron chi connectivity index (χ4n) is 5.41. The molecule has 2 saturated carbocycles. The fraction of sp³-hybridized carbons (Fsp3) is 0.348. The number of allylic oxidation sites excluding steroid dienone is 2. The first kappa shape index (κ1) is 18.3. The molecule has 0 aromatic heterocycles. The van der Waals surface area contributed by atoms with Crippen molar-refractivity contribution in [2.24, 2.45) is 23.7 Å². The number of aliphatic hydroxyl groups excluding tert-OH is 1. The molecule has 3 nitrogen and oxygen atoms in total. The van der Waals surface area contributed by atoms with Crippen molar-refractivity contribution in [2.75, 3.05) is 0 Å². The number of halogens is 2. The van der Waals surface area contributed by atoms with Gasteiger partial charge in [0, 0.05) is 16.3 Å². The number of aliphatic hydroxyl groups is 1. The summed E-state index contributed by atoms with van der Waals surface area (Å²) in [5.41, 5.74) is 2.22. The minimum atomic E-state index is -0.0290. The zero-order chi connectivity index (χ0) is 19.6. The molecule has 0 spiro atoms. The molecule has 144 valence electrons. The molecule has 4 atom stereocenters. The number of benzene rings is 2. The van der Waals surface area contributed by atoms with Crippen LogP contribution >= 0.6 is 27.5 Å². The maximum Gasteiger partial charge on any atom is 0.170 e. The number of carbonyl (C=O) groups excluding carboxylic acids is 1. The van der Waals surface area contributed by atoms with Crippen LogP contribution in [0.15, 0.2) is 46.6 Å². The molecule has 0 aliphatic heterocycles. The Morgan fingerprint density at radius 1 is 1.11 bits per heavy atom. The molecule has 0 saturated heterocycles. The van der Waals surface area contributed by atoms with Crippen molar-refractivity contribution >= 4 is 38.9 Å². The van der Waals surface area contributed by atoms with Crippen LogP contribution < -0.4 is 4.74 Å². The Balaban J connectivity index is 1.52. The van der Waals surface area contributed by atoms with E-state index in [-0.39, 0.29) is 17.6 Å². The normalized spacial score (nSPS) is 28.2. The van der Waals surface area contributed by atoms with Gasteiger partial charge in [0.15, 0.2) is 5.78 Å². The van der Waals surface area contributed by atoms with E-state index in [1.807, 2.05) is 31.2 Å². The van der Waals surface area contributed by atoms with Gasteiger partial charge in [0.25, 0.3) is 0 Å². The van der Waals surface area contributed by atoms with Gasteiger partial charge < -0.3 is 9.84 Å². The zero-order valence-electron chi connectivity index (χ0n) is 15.4.